The van der Waals surface area contributed by atoms with Crippen LogP contribution in [-0.2, 0) is 0 Å². The van der Waals surface area contributed by atoms with E-state index in [1.807, 2.05) is 0 Å². The highest BCUT2D eigenvalue weighted by atomic mass is 16.2. The Balaban J connectivity index is 2.01. The molecule has 1 aromatic carbocycles. The lowest BCUT2D eigenvalue weighted by molar-refractivity contribution is 0.0966. The van der Waals surface area contributed by atoms with Gasteiger partial charge in [-0.2, -0.15) is 5.10 Å². The predicted octanol–water partition coefficient (Wildman–Crippen LogP) is 0.337. The van der Waals surface area contributed by atoms with Gasteiger partial charge in [-0.25, -0.2) is 10.2 Å². The van der Waals surface area contributed by atoms with Crippen LogP contribution in [0.25, 0.3) is 0 Å². The number of amides is 3. The lowest BCUT2D eigenvalue weighted by Crippen LogP contribution is -2.42. The third-order valence-corrected chi connectivity index (χ3v) is 2.19. The van der Waals surface area contributed by atoms with Gasteiger partial charge >= 0.3 is 6.03 Å². The van der Waals surface area contributed by atoms with E-state index >= 15 is 0 Å². The molecule has 0 spiro atoms. The van der Waals surface area contributed by atoms with Gasteiger partial charge in [0.1, 0.15) is 0 Å². The van der Waals surface area contributed by atoms with Gasteiger partial charge in [-0.3, -0.25) is 14.9 Å². The molecule has 19 heavy (non-hydrogen) atoms. The summed E-state index contributed by atoms with van der Waals surface area (Å²) in [5.74, 6) is -0.568. The maximum atomic E-state index is 11.7. The summed E-state index contributed by atoms with van der Waals surface area (Å²) in [5.41, 5.74) is 1.96. The van der Waals surface area contributed by atoms with Crippen molar-refractivity contribution >= 4 is 11.9 Å². The normalized spacial score (nSPS) is 9.68. The molecule has 7 nitrogen and oxygen atoms in total. The second kappa shape index (κ2) is 5.58. The van der Waals surface area contributed by atoms with E-state index in [-0.39, 0.29) is 0 Å². The molecule has 1 heterocycles. The number of carbonyl (C=O) groups is 2. The number of hydrogen-bond acceptors (Lipinski definition) is 4. The first kappa shape index (κ1) is 12.5. The maximum absolute atomic E-state index is 11.7. The second-order valence-corrected chi connectivity index (χ2v) is 3.53. The quantitative estimate of drug-likeness (QED) is 0.812. The molecule has 3 amide bonds. The lowest BCUT2D eigenvalue weighted by atomic mass is 10.2. The third kappa shape index (κ3) is 3.25. The van der Waals surface area contributed by atoms with Crippen LogP contribution in [0, 0.1) is 0 Å². The largest absolute Gasteiger partial charge is 0.342 e. The molecule has 0 fully saturated rings. The molecular formula is C12H10N4O3. The average Bonchev–Trinajstić information content (AvgIpc) is 2.42. The van der Waals surface area contributed by atoms with Gasteiger partial charge in [0, 0.05) is 17.8 Å². The van der Waals surface area contributed by atoms with Crippen LogP contribution in [-0.4, -0.2) is 21.8 Å². The van der Waals surface area contributed by atoms with E-state index in [4.69, 9.17) is 0 Å². The number of nitrogens with zero attached hydrogens (tertiary/aromatic N) is 2. The number of benzene rings is 1. The van der Waals surface area contributed by atoms with Crippen molar-refractivity contribution in [2.45, 2.75) is 0 Å². The molecule has 0 bridgehead atoms. The van der Waals surface area contributed by atoms with Crippen molar-refractivity contribution in [2.24, 2.45) is 0 Å². The van der Waals surface area contributed by atoms with Crippen LogP contribution < -0.4 is 16.3 Å². The van der Waals surface area contributed by atoms with Crippen molar-refractivity contribution in [3.8, 4) is 0 Å². The van der Waals surface area contributed by atoms with Gasteiger partial charge in [0.25, 0.3) is 11.5 Å². The molecular weight excluding hydrogens is 248 g/mol. The maximum Gasteiger partial charge on any atom is 0.342 e. The van der Waals surface area contributed by atoms with E-state index in [2.05, 4.69) is 15.8 Å². The minimum Gasteiger partial charge on any atom is -0.272 e. The number of nitrogens with one attached hydrogen (secondary N) is 2. The summed E-state index contributed by atoms with van der Waals surface area (Å²) >= 11 is 0. The van der Waals surface area contributed by atoms with Crippen molar-refractivity contribution in [2.75, 3.05) is 5.43 Å². The lowest BCUT2D eigenvalue weighted by Gasteiger charge is -2.06. The molecule has 0 unspecified atom stereocenters. The summed E-state index contributed by atoms with van der Waals surface area (Å²) in [5, 5.41) is 5.70. The first-order valence-electron chi connectivity index (χ1n) is 5.38. The van der Waals surface area contributed by atoms with Crippen LogP contribution in [0.1, 0.15) is 10.4 Å². The summed E-state index contributed by atoms with van der Waals surface area (Å²) in [6.45, 7) is 0. The summed E-state index contributed by atoms with van der Waals surface area (Å²) in [4.78, 5) is 35.2. The Morgan fingerprint density at radius 3 is 2.47 bits per heavy atom. The fraction of sp³-hybridized carbons (Fsp3) is 0. The molecule has 96 valence electrons. The SMILES string of the molecule is O=C(NC(=O)c1ccccc1)Nn1ncccc1=O. The molecule has 1 aromatic heterocycles. The number of hydrogen-bond donors (Lipinski definition) is 2. The van der Waals surface area contributed by atoms with Crippen molar-refractivity contribution in [1.29, 1.82) is 0 Å². The number of carbonyl (C=O) groups excluding carboxylic acids is 2. The monoisotopic (exact) mass is 258 g/mol. The summed E-state index contributed by atoms with van der Waals surface area (Å²) in [7, 11) is 0. The predicted molar refractivity (Wildman–Crippen MR) is 67.2 cm³/mol. The van der Waals surface area contributed by atoms with Crippen LogP contribution in [0.3, 0.4) is 0 Å². The number of aromatic nitrogens is 2. The Hall–Kier alpha value is -2.96. The van der Waals surface area contributed by atoms with E-state index in [1.165, 1.54) is 18.3 Å². The molecule has 2 N–H and O–H groups in total. The van der Waals surface area contributed by atoms with E-state index in [1.54, 1.807) is 30.3 Å². The number of urea groups is 1. The Labute approximate surface area is 107 Å². The van der Waals surface area contributed by atoms with Gasteiger partial charge in [-0.15, -0.1) is 4.79 Å². The van der Waals surface area contributed by atoms with E-state index in [0.29, 0.717) is 5.56 Å². The number of rotatable bonds is 2. The number of imide groups is 1. The summed E-state index contributed by atoms with van der Waals surface area (Å²) in [6.07, 6.45) is 1.33. The fourth-order valence-electron chi connectivity index (χ4n) is 1.33. The molecule has 0 saturated heterocycles. The molecule has 0 radical (unpaired) electrons. The van der Waals surface area contributed by atoms with Crippen LogP contribution in [0.15, 0.2) is 53.5 Å². The highest BCUT2D eigenvalue weighted by Gasteiger charge is 2.10. The smallest absolute Gasteiger partial charge is 0.272 e. The average molecular weight is 258 g/mol. The zero-order chi connectivity index (χ0) is 13.7. The van der Waals surface area contributed by atoms with Gasteiger partial charge in [0.05, 0.1) is 0 Å². The van der Waals surface area contributed by atoms with E-state index in [0.717, 1.165) is 4.79 Å². The highest BCUT2D eigenvalue weighted by molar-refractivity contribution is 6.06. The van der Waals surface area contributed by atoms with Gasteiger partial charge in [0.15, 0.2) is 0 Å². The molecule has 0 atom stereocenters. The van der Waals surface area contributed by atoms with E-state index < -0.39 is 17.5 Å². The topological polar surface area (TPSA) is 93.1 Å². The van der Waals surface area contributed by atoms with E-state index in [9.17, 15) is 14.4 Å². The van der Waals surface area contributed by atoms with Crippen LogP contribution >= 0.6 is 0 Å². The zero-order valence-electron chi connectivity index (χ0n) is 9.74. The zero-order valence-corrected chi connectivity index (χ0v) is 9.74. The van der Waals surface area contributed by atoms with Crippen molar-refractivity contribution < 1.29 is 9.59 Å². The summed E-state index contributed by atoms with van der Waals surface area (Å²) < 4.78 is 0. The van der Waals surface area contributed by atoms with Gasteiger partial charge < -0.3 is 0 Å². The first-order valence-corrected chi connectivity index (χ1v) is 5.38. The van der Waals surface area contributed by atoms with Crippen molar-refractivity contribution in [3.63, 3.8) is 0 Å². The van der Waals surface area contributed by atoms with Crippen LogP contribution in [0.5, 0.6) is 0 Å². The molecule has 2 aromatic rings. The Kier molecular flexibility index (Phi) is 3.67. The summed E-state index contributed by atoms with van der Waals surface area (Å²) in [6, 6.07) is 10.1. The minimum atomic E-state index is -0.838. The highest BCUT2D eigenvalue weighted by Crippen LogP contribution is 1.97. The van der Waals surface area contributed by atoms with Gasteiger partial charge in [0.2, 0.25) is 0 Å². The Bertz CT molecular complexity index is 651. The molecule has 0 aliphatic carbocycles. The Morgan fingerprint density at radius 1 is 1.05 bits per heavy atom. The van der Waals surface area contributed by atoms with Gasteiger partial charge in [-0.1, -0.05) is 18.2 Å². The third-order valence-electron chi connectivity index (χ3n) is 2.19. The Morgan fingerprint density at radius 2 is 1.79 bits per heavy atom. The van der Waals surface area contributed by atoms with Crippen molar-refractivity contribution in [3.05, 3.63) is 64.6 Å². The minimum absolute atomic E-state index is 0.339. The first-order chi connectivity index (χ1) is 9.16. The second-order valence-electron chi connectivity index (χ2n) is 3.53. The molecule has 7 heteroatoms. The standard InChI is InChI=1S/C12H10N4O3/c17-10-7-4-8-13-16(10)15-12(19)14-11(18)9-5-2-1-3-6-9/h1-8H,(H2,14,15,18,19). The van der Waals surface area contributed by atoms with Gasteiger partial charge in [-0.05, 0) is 18.2 Å². The molecule has 2 rings (SSSR count). The van der Waals surface area contributed by atoms with Crippen LogP contribution in [0.4, 0.5) is 4.79 Å². The fourth-order valence-corrected chi connectivity index (χ4v) is 1.33. The molecule has 0 saturated carbocycles. The molecule has 0 aliphatic rings. The van der Waals surface area contributed by atoms with Crippen LogP contribution in [0.2, 0.25) is 0 Å². The molecule has 0 aliphatic heterocycles. The van der Waals surface area contributed by atoms with Crippen molar-refractivity contribution in [1.82, 2.24) is 15.2 Å².